The first kappa shape index (κ1) is 16.4. The summed E-state index contributed by atoms with van der Waals surface area (Å²) in [5.74, 6) is -1.51. The minimum absolute atomic E-state index is 0.0316. The molecule has 3 aromatic rings. The van der Waals surface area contributed by atoms with E-state index in [-0.39, 0.29) is 12.3 Å². The number of rotatable bonds is 3. The molecule has 1 aromatic heterocycles. The maximum atomic E-state index is 13.3. The van der Waals surface area contributed by atoms with Crippen molar-refractivity contribution in [2.24, 2.45) is 7.05 Å². The van der Waals surface area contributed by atoms with E-state index in [1.165, 1.54) is 12.1 Å². The topological polar surface area (TPSA) is 38.1 Å². The molecule has 132 valence electrons. The molecule has 2 aromatic carbocycles. The van der Waals surface area contributed by atoms with Gasteiger partial charge in [0.05, 0.1) is 12.1 Å². The number of amides is 1. The number of anilines is 1. The largest absolute Gasteiger partial charge is 0.312 e. The van der Waals surface area contributed by atoms with Gasteiger partial charge >= 0.3 is 0 Å². The van der Waals surface area contributed by atoms with Crippen LogP contribution in [0.3, 0.4) is 0 Å². The van der Waals surface area contributed by atoms with Crippen LogP contribution < -0.4 is 4.90 Å². The van der Waals surface area contributed by atoms with E-state index in [2.05, 4.69) is 5.10 Å². The van der Waals surface area contributed by atoms with Gasteiger partial charge in [0, 0.05) is 37.1 Å². The zero-order valence-electron chi connectivity index (χ0n) is 14.2. The van der Waals surface area contributed by atoms with Crippen molar-refractivity contribution < 1.29 is 13.6 Å². The number of fused-ring (bicyclic) bond motifs is 1. The molecule has 6 heteroatoms. The van der Waals surface area contributed by atoms with Crippen molar-refractivity contribution in [2.75, 3.05) is 11.4 Å². The summed E-state index contributed by atoms with van der Waals surface area (Å²) >= 11 is 0. The predicted molar refractivity (Wildman–Crippen MR) is 94.8 cm³/mol. The van der Waals surface area contributed by atoms with Crippen LogP contribution in [0.1, 0.15) is 11.1 Å². The number of nitrogens with zero attached hydrogens (tertiary/aromatic N) is 3. The van der Waals surface area contributed by atoms with Crippen molar-refractivity contribution in [3.63, 3.8) is 0 Å². The lowest BCUT2D eigenvalue weighted by atomic mass is 10.1. The van der Waals surface area contributed by atoms with E-state index in [1.54, 1.807) is 9.58 Å². The number of hydrogen-bond donors (Lipinski definition) is 0. The number of halogens is 2. The first-order valence-corrected chi connectivity index (χ1v) is 8.38. The lowest BCUT2D eigenvalue weighted by Crippen LogP contribution is -2.30. The lowest BCUT2D eigenvalue weighted by molar-refractivity contribution is -0.117. The van der Waals surface area contributed by atoms with Gasteiger partial charge in [-0.25, -0.2) is 8.78 Å². The average molecular weight is 353 g/mol. The van der Waals surface area contributed by atoms with Crippen LogP contribution in [0.2, 0.25) is 0 Å². The van der Waals surface area contributed by atoms with Crippen molar-refractivity contribution in [2.45, 2.75) is 12.8 Å². The number of carbonyl (C=O) groups excluding carboxylic acids is 1. The molecule has 4 nitrogen and oxygen atoms in total. The van der Waals surface area contributed by atoms with Gasteiger partial charge < -0.3 is 4.90 Å². The van der Waals surface area contributed by atoms with Gasteiger partial charge in [0.25, 0.3) is 0 Å². The highest BCUT2D eigenvalue weighted by atomic mass is 19.1. The molecule has 2 heterocycles. The van der Waals surface area contributed by atoms with Crippen LogP contribution in [-0.4, -0.2) is 22.2 Å². The summed E-state index contributed by atoms with van der Waals surface area (Å²) in [6.07, 6.45) is 2.60. The minimum Gasteiger partial charge on any atom is -0.312 e. The third-order valence-electron chi connectivity index (χ3n) is 4.56. The molecule has 4 rings (SSSR count). The number of hydrogen-bond acceptors (Lipinski definition) is 2. The maximum Gasteiger partial charge on any atom is 0.231 e. The van der Waals surface area contributed by atoms with Gasteiger partial charge in [0.15, 0.2) is 0 Å². The number of aryl methyl sites for hydroxylation is 1. The molecule has 1 aliphatic rings. The zero-order valence-corrected chi connectivity index (χ0v) is 14.2. The predicted octanol–water partition coefficient (Wildman–Crippen LogP) is 3.50. The van der Waals surface area contributed by atoms with Crippen LogP contribution in [-0.2, 0) is 24.7 Å². The van der Waals surface area contributed by atoms with E-state index in [9.17, 15) is 13.6 Å². The van der Waals surface area contributed by atoms with Gasteiger partial charge in [-0.15, -0.1) is 0 Å². The van der Waals surface area contributed by atoms with Crippen LogP contribution >= 0.6 is 0 Å². The highest BCUT2D eigenvalue weighted by Gasteiger charge is 2.25. The average Bonchev–Trinajstić information content (AvgIpc) is 3.19. The smallest absolute Gasteiger partial charge is 0.231 e. The zero-order chi connectivity index (χ0) is 18.3. The molecule has 1 amide bonds. The molecule has 0 aliphatic carbocycles. The SMILES string of the molecule is Cn1ccc(-c2ccc3c(c2)CCN3C(=O)Cc2cc(F)cc(F)c2)n1. The maximum absolute atomic E-state index is 13.3. The summed E-state index contributed by atoms with van der Waals surface area (Å²) in [7, 11) is 1.87. The fourth-order valence-electron chi connectivity index (χ4n) is 3.37. The summed E-state index contributed by atoms with van der Waals surface area (Å²) < 4.78 is 28.4. The van der Waals surface area contributed by atoms with Crippen molar-refractivity contribution in [3.05, 3.63) is 71.4 Å². The second-order valence-corrected chi connectivity index (χ2v) is 6.47. The summed E-state index contributed by atoms with van der Waals surface area (Å²) in [6, 6.07) is 11.0. The number of carbonyl (C=O) groups is 1. The van der Waals surface area contributed by atoms with Gasteiger partial charge in [-0.2, -0.15) is 5.10 Å². The van der Waals surface area contributed by atoms with E-state index in [1.807, 2.05) is 37.5 Å². The Kier molecular flexibility index (Phi) is 4.03. The van der Waals surface area contributed by atoms with E-state index < -0.39 is 11.6 Å². The first-order valence-electron chi connectivity index (χ1n) is 8.38. The van der Waals surface area contributed by atoms with Gasteiger partial charge in [0.2, 0.25) is 5.91 Å². The third kappa shape index (κ3) is 3.10. The molecule has 0 saturated heterocycles. The minimum atomic E-state index is -0.672. The number of benzene rings is 2. The second kappa shape index (κ2) is 6.37. The van der Waals surface area contributed by atoms with Crippen molar-refractivity contribution in [3.8, 4) is 11.3 Å². The highest BCUT2D eigenvalue weighted by Crippen LogP contribution is 2.32. The lowest BCUT2D eigenvalue weighted by Gasteiger charge is -2.17. The summed E-state index contributed by atoms with van der Waals surface area (Å²) in [5, 5.41) is 4.40. The van der Waals surface area contributed by atoms with E-state index in [4.69, 9.17) is 0 Å². The number of aromatic nitrogens is 2. The fraction of sp³-hybridized carbons (Fsp3) is 0.200. The van der Waals surface area contributed by atoms with E-state index in [0.717, 1.165) is 35.0 Å². The van der Waals surface area contributed by atoms with E-state index >= 15 is 0 Å². The van der Waals surface area contributed by atoms with Crippen LogP contribution in [0, 0.1) is 11.6 Å². The summed E-state index contributed by atoms with van der Waals surface area (Å²) in [5.41, 5.74) is 4.16. The Morgan fingerprint density at radius 3 is 2.58 bits per heavy atom. The Bertz CT molecular complexity index is 976. The van der Waals surface area contributed by atoms with Crippen LogP contribution in [0.25, 0.3) is 11.3 Å². The van der Waals surface area contributed by atoms with Gasteiger partial charge in [-0.3, -0.25) is 9.48 Å². The molecule has 0 N–H and O–H groups in total. The molecular formula is C20H17F2N3O. The monoisotopic (exact) mass is 353 g/mol. The molecular weight excluding hydrogens is 336 g/mol. The second-order valence-electron chi connectivity index (χ2n) is 6.47. The van der Waals surface area contributed by atoms with Gasteiger partial charge in [-0.05, 0) is 47.9 Å². The van der Waals surface area contributed by atoms with Crippen molar-refractivity contribution in [1.29, 1.82) is 0 Å². The molecule has 0 spiro atoms. The van der Waals surface area contributed by atoms with Gasteiger partial charge in [0.1, 0.15) is 11.6 Å². The summed E-state index contributed by atoms with van der Waals surface area (Å²) in [4.78, 5) is 14.3. The van der Waals surface area contributed by atoms with Gasteiger partial charge in [-0.1, -0.05) is 6.07 Å². The van der Waals surface area contributed by atoms with Crippen LogP contribution in [0.4, 0.5) is 14.5 Å². The molecule has 0 fully saturated rings. The van der Waals surface area contributed by atoms with Crippen LogP contribution in [0.15, 0.2) is 48.7 Å². The third-order valence-corrected chi connectivity index (χ3v) is 4.56. The first-order chi connectivity index (χ1) is 12.5. The Hall–Kier alpha value is -3.02. The molecule has 1 aliphatic heterocycles. The molecule has 0 atom stereocenters. The van der Waals surface area contributed by atoms with Crippen molar-refractivity contribution >= 4 is 11.6 Å². The fourth-order valence-corrected chi connectivity index (χ4v) is 3.37. The quantitative estimate of drug-likeness (QED) is 0.723. The molecule has 0 radical (unpaired) electrons. The molecule has 0 unspecified atom stereocenters. The highest BCUT2D eigenvalue weighted by molar-refractivity contribution is 5.97. The Morgan fingerprint density at radius 1 is 1.12 bits per heavy atom. The molecule has 0 bridgehead atoms. The van der Waals surface area contributed by atoms with Crippen molar-refractivity contribution in [1.82, 2.24) is 9.78 Å². The Morgan fingerprint density at radius 2 is 1.88 bits per heavy atom. The van der Waals surface area contributed by atoms with Crippen LogP contribution in [0.5, 0.6) is 0 Å². The standard InChI is InChI=1S/C20H17F2N3O/c1-24-6-5-18(23-24)14-2-3-19-15(11-14)4-7-25(19)20(26)10-13-8-16(21)12-17(22)9-13/h2-3,5-6,8-9,11-12H,4,7,10H2,1H3. The Labute approximate surface area is 149 Å². The van der Waals surface area contributed by atoms with E-state index in [0.29, 0.717) is 12.1 Å². The molecule has 0 saturated carbocycles. The molecule has 26 heavy (non-hydrogen) atoms. The Balaban J connectivity index is 1.56. The normalized spacial score (nSPS) is 13.1. The summed E-state index contributed by atoms with van der Waals surface area (Å²) in [6.45, 7) is 0.567.